The molecule has 0 aromatic rings. The molecule has 1 aliphatic heterocycles. The van der Waals surface area contributed by atoms with E-state index < -0.39 is 23.8 Å². The number of nitrogens with one attached hydrogen (secondary N) is 3. The molecule has 9 heteroatoms. The Kier molecular flexibility index (Phi) is 8.66. The highest BCUT2D eigenvalue weighted by Crippen LogP contribution is 2.21. The number of hydrogen-bond donors (Lipinski definition) is 3. The topological polar surface area (TPSA) is 117 Å². The van der Waals surface area contributed by atoms with E-state index in [1.807, 2.05) is 0 Å². The molecule has 29 heavy (non-hydrogen) atoms. The Morgan fingerprint density at radius 3 is 2.28 bits per heavy atom. The molecular formula is C20H34N4O5. The third-order valence-corrected chi connectivity index (χ3v) is 4.47. The quantitative estimate of drug-likeness (QED) is 0.567. The largest absolute Gasteiger partial charge is 0.444 e. The second-order valence-corrected chi connectivity index (χ2v) is 8.27. The molecule has 1 saturated heterocycles. The van der Waals surface area contributed by atoms with Crippen LogP contribution in [-0.4, -0.2) is 66.0 Å². The maximum Gasteiger partial charge on any atom is 0.408 e. The molecule has 0 aliphatic carbocycles. The van der Waals surface area contributed by atoms with Crippen LogP contribution >= 0.6 is 0 Å². The standard InChI is InChI=1S/C20H34N4O5/c1-12(16(25)22-13(2)17(26)21-7)11-15-9-8-10-24(15)18(27)14(3)23-19(28)29-20(4,5)6/h11,13-15H,8-10H2,1-7H3,(H,21,26)(H,22,25)(H,23,28)/b12-11+/t13-,14-,15-/m0/s1. The summed E-state index contributed by atoms with van der Waals surface area (Å²) in [6, 6.07) is -1.65. The zero-order valence-electron chi connectivity index (χ0n) is 18.4. The second-order valence-electron chi connectivity index (χ2n) is 8.27. The van der Waals surface area contributed by atoms with Gasteiger partial charge in [-0.2, -0.15) is 0 Å². The van der Waals surface area contributed by atoms with Crippen LogP contribution in [0.3, 0.4) is 0 Å². The molecule has 1 heterocycles. The van der Waals surface area contributed by atoms with Gasteiger partial charge in [-0.05, 0) is 54.4 Å². The fourth-order valence-electron chi connectivity index (χ4n) is 2.99. The first kappa shape index (κ1) is 24.5. The Bertz CT molecular complexity index is 668. The van der Waals surface area contributed by atoms with Gasteiger partial charge in [0.1, 0.15) is 17.7 Å². The van der Waals surface area contributed by atoms with Gasteiger partial charge in [0.15, 0.2) is 0 Å². The molecular weight excluding hydrogens is 376 g/mol. The lowest BCUT2D eigenvalue weighted by atomic mass is 10.1. The number of carbonyl (C=O) groups is 4. The smallest absolute Gasteiger partial charge is 0.408 e. The molecule has 1 aliphatic rings. The van der Waals surface area contributed by atoms with Crippen LogP contribution in [0.4, 0.5) is 4.79 Å². The first-order valence-corrected chi connectivity index (χ1v) is 9.86. The molecule has 9 nitrogen and oxygen atoms in total. The number of amides is 4. The number of alkyl carbamates (subject to hydrolysis) is 1. The summed E-state index contributed by atoms with van der Waals surface area (Å²) in [7, 11) is 1.50. The number of nitrogens with zero attached hydrogens (tertiary/aromatic N) is 1. The molecule has 0 radical (unpaired) electrons. The van der Waals surface area contributed by atoms with Crippen LogP contribution in [0.2, 0.25) is 0 Å². The molecule has 3 atom stereocenters. The van der Waals surface area contributed by atoms with Crippen molar-refractivity contribution in [1.29, 1.82) is 0 Å². The van der Waals surface area contributed by atoms with Crippen LogP contribution in [0.5, 0.6) is 0 Å². The maximum atomic E-state index is 12.8. The molecule has 4 amide bonds. The van der Waals surface area contributed by atoms with E-state index in [2.05, 4.69) is 16.0 Å². The monoisotopic (exact) mass is 410 g/mol. The van der Waals surface area contributed by atoms with Gasteiger partial charge in [0.05, 0.1) is 6.04 Å². The highest BCUT2D eigenvalue weighted by atomic mass is 16.6. The third-order valence-electron chi connectivity index (χ3n) is 4.47. The van der Waals surface area contributed by atoms with Crippen molar-refractivity contribution in [3.8, 4) is 0 Å². The van der Waals surface area contributed by atoms with E-state index in [4.69, 9.17) is 4.74 Å². The van der Waals surface area contributed by atoms with E-state index in [0.29, 0.717) is 12.1 Å². The summed E-state index contributed by atoms with van der Waals surface area (Å²) in [5, 5.41) is 7.66. The maximum absolute atomic E-state index is 12.8. The van der Waals surface area contributed by atoms with Gasteiger partial charge in [0.2, 0.25) is 17.7 Å². The summed E-state index contributed by atoms with van der Waals surface area (Å²) in [5.41, 5.74) is -0.222. The lowest BCUT2D eigenvalue weighted by Crippen LogP contribution is -2.49. The van der Waals surface area contributed by atoms with E-state index in [1.165, 1.54) is 7.05 Å². The van der Waals surface area contributed by atoms with E-state index >= 15 is 0 Å². The fourth-order valence-corrected chi connectivity index (χ4v) is 2.99. The van der Waals surface area contributed by atoms with Crippen molar-refractivity contribution in [2.45, 2.75) is 78.1 Å². The lowest BCUT2D eigenvalue weighted by Gasteiger charge is -2.27. The Morgan fingerprint density at radius 2 is 1.72 bits per heavy atom. The van der Waals surface area contributed by atoms with E-state index in [1.54, 1.807) is 52.5 Å². The minimum atomic E-state index is -0.749. The lowest BCUT2D eigenvalue weighted by molar-refractivity contribution is -0.133. The third kappa shape index (κ3) is 7.75. The van der Waals surface area contributed by atoms with Gasteiger partial charge in [-0.25, -0.2) is 4.79 Å². The van der Waals surface area contributed by atoms with Gasteiger partial charge in [-0.3, -0.25) is 14.4 Å². The van der Waals surface area contributed by atoms with Crippen molar-refractivity contribution in [2.75, 3.05) is 13.6 Å². The van der Waals surface area contributed by atoms with Gasteiger partial charge in [0.25, 0.3) is 0 Å². The normalized spacial score (nSPS) is 19.2. The average molecular weight is 411 g/mol. The van der Waals surface area contributed by atoms with Crippen molar-refractivity contribution in [1.82, 2.24) is 20.9 Å². The van der Waals surface area contributed by atoms with Crippen LogP contribution < -0.4 is 16.0 Å². The van der Waals surface area contributed by atoms with Crippen LogP contribution in [0, 0.1) is 0 Å². The number of ether oxygens (including phenoxy) is 1. The Morgan fingerprint density at radius 1 is 1.10 bits per heavy atom. The summed E-state index contributed by atoms with van der Waals surface area (Å²) in [5.74, 6) is -0.882. The molecule has 164 valence electrons. The molecule has 0 aromatic heterocycles. The van der Waals surface area contributed by atoms with E-state index in [-0.39, 0.29) is 23.8 Å². The van der Waals surface area contributed by atoms with Gasteiger partial charge in [0, 0.05) is 19.2 Å². The summed E-state index contributed by atoms with van der Waals surface area (Å²) >= 11 is 0. The molecule has 1 rings (SSSR count). The number of rotatable bonds is 6. The Hall–Kier alpha value is -2.58. The molecule has 0 unspecified atom stereocenters. The highest BCUT2D eigenvalue weighted by molar-refractivity contribution is 5.96. The SMILES string of the molecule is CNC(=O)[C@H](C)NC(=O)/C(C)=C/[C@@H]1CCCN1C(=O)[C@H](C)NC(=O)OC(C)(C)C. The zero-order chi connectivity index (χ0) is 22.4. The first-order valence-electron chi connectivity index (χ1n) is 9.86. The summed E-state index contributed by atoms with van der Waals surface area (Å²) in [6.07, 6.45) is 2.61. The molecule has 3 N–H and O–H groups in total. The van der Waals surface area contributed by atoms with Crippen molar-refractivity contribution in [3.63, 3.8) is 0 Å². The van der Waals surface area contributed by atoms with Crippen molar-refractivity contribution in [3.05, 3.63) is 11.6 Å². The van der Waals surface area contributed by atoms with Crippen molar-refractivity contribution < 1.29 is 23.9 Å². The summed E-state index contributed by atoms with van der Waals surface area (Å²) in [6.45, 7) is 10.6. The molecule has 0 aromatic carbocycles. The van der Waals surface area contributed by atoms with E-state index in [0.717, 1.165) is 12.8 Å². The molecule has 1 fully saturated rings. The number of likely N-dealkylation sites (tertiary alicyclic amines) is 1. The van der Waals surface area contributed by atoms with Crippen LogP contribution in [-0.2, 0) is 19.1 Å². The zero-order valence-corrected chi connectivity index (χ0v) is 18.4. The van der Waals surface area contributed by atoms with E-state index in [9.17, 15) is 19.2 Å². The average Bonchev–Trinajstić information content (AvgIpc) is 3.06. The van der Waals surface area contributed by atoms with Crippen molar-refractivity contribution in [2.24, 2.45) is 0 Å². The van der Waals surface area contributed by atoms with Crippen LogP contribution in [0.1, 0.15) is 54.4 Å². The second kappa shape index (κ2) is 10.3. The van der Waals surface area contributed by atoms with Crippen LogP contribution in [0.25, 0.3) is 0 Å². The van der Waals surface area contributed by atoms with Gasteiger partial charge in [-0.15, -0.1) is 0 Å². The predicted molar refractivity (Wildman–Crippen MR) is 109 cm³/mol. The number of carbonyl (C=O) groups excluding carboxylic acids is 4. The summed E-state index contributed by atoms with van der Waals surface area (Å²) < 4.78 is 5.19. The fraction of sp³-hybridized carbons (Fsp3) is 0.700. The molecule has 0 saturated carbocycles. The van der Waals surface area contributed by atoms with Crippen LogP contribution in [0.15, 0.2) is 11.6 Å². The predicted octanol–water partition coefficient (Wildman–Crippen LogP) is 1.09. The van der Waals surface area contributed by atoms with Gasteiger partial charge < -0.3 is 25.6 Å². The number of hydrogen-bond acceptors (Lipinski definition) is 5. The summed E-state index contributed by atoms with van der Waals surface area (Å²) in [4.78, 5) is 50.2. The molecule has 0 spiro atoms. The minimum Gasteiger partial charge on any atom is -0.444 e. The van der Waals surface area contributed by atoms with Gasteiger partial charge in [-0.1, -0.05) is 6.08 Å². The Balaban J connectivity index is 2.74. The highest BCUT2D eigenvalue weighted by Gasteiger charge is 2.32. The minimum absolute atomic E-state index is 0.235. The molecule has 0 bridgehead atoms. The number of likely N-dealkylation sites (N-methyl/N-ethyl adjacent to an activating group) is 1. The Labute approximate surface area is 172 Å². The van der Waals surface area contributed by atoms with Gasteiger partial charge >= 0.3 is 6.09 Å². The first-order chi connectivity index (χ1) is 13.4. The van der Waals surface area contributed by atoms with Crippen molar-refractivity contribution >= 4 is 23.8 Å².